The van der Waals surface area contributed by atoms with Crippen LogP contribution in [0.3, 0.4) is 0 Å². The van der Waals surface area contributed by atoms with Crippen LogP contribution >= 0.6 is 0 Å². The first-order chi connectivity index (χ1) is 8.74. The van der Waals surface area contributed by atoms with Crippen molar-refractivity contribution >= 4 is 5.91 Å². The Balaban J connectivity index is 1.51. The Morgan fingerprint density at radius 2 is 1.94 bits per heavy atom. The average molecular weight is 251 g/mol. The molecule has 0 spiro atoms. The Morgan fingerprint density at radius 1 is 1.17 bits per heavy atom. The highest BCUT2D eigenvalue weighted by Gasteiger charge is 2.42. The van der Waals surface area contributed by atoms with Gasteiger partial charge in [-0.2, -0.15) is 0 Å². The van der Waals surface area contributed by atoms with E-state index in [1.807, 2.05) is 0 Å². The van der Waals surface area contributed by atoms with Gasteiger partial charge < -0.3 is 10.1 Å². The minimum atomic E-state index is 0.194. The second kappa shape index (κ2) is 5.20. The quantitative estimate of drug-likeness (QED) is 0.836. The third-order valence-electron chi connectivity index (χ3n) is 5.40. The Morgan fingerprint density at radius 3 is 2.56 bits per heavy atom. The minimum absolute atomic E-state index is 0.194. The van der Waals surface area contributed by atoms with Gasteiger partial charge in [0, 0.05) is 25.2 Å². The number of carbonyl (C=O) groups is 1. The van der Waals surface area contributed by atoms with Gasteiger partial charge in [0.25, 0.3) is 0 Å². The fraction of sp³-hybridized carbons (Fsp3) is 0.933. The van der Waals surface area contributed by atoms with Crippen molar-refractivity contribution in [3.05, 3.63) is 0 Å². The Bertz CT molecular complexity index is 312. The number of hydrogen-bond donors (Lipinski definition) is 1. The van der Waals surface area contributed by atoms with Gasteiger partial charge in [-0.3, -0.25) is 4.79 Å². The largest absolute Gasteiger partial charge is 0.381 e. The molecule has 1 amide bonds. The maximum absolute atomic E-state index is 12.2. The molecule has 1 aliphatic heterocycles. The standard InChI is InChI=1S/C15H25NO2/c1-10(14-9-11-2-3-13(14)8-11)16-15(17)12-4-6-18-7-5-12/h10-14H,2-9H2,1H3,(H,16,17). The van der Waals surface area contributed by atoms with Gasteiger partial charge in [0.15, 0.2) is 0 Å². The van der Waals surface area contributed by atoms with Gasteiger partial charge in [0.1, 0.15) is 0 Å². The first-order valence-electron chi connectivity index (χ1n) is 7.62. The van der Waals surface area contributed by atoms with Gasteiger partial charge in [-0.05, 0) is 56.8 Å². The van der Waals surface area contributed by atoms with Crippen molar-refractivity contribution in [1.29, 1.82) is 0 Å². The van der Waals surface area contributed by atoms with Crippen molar-refractivity contribution in [3.8, 4) is 0 Å². The summed E-state index contributed by atoms with van der Waals surface area (Å²) in [4.78, 5) is 12.2. The summed E-state index contributed by atoms with van der Waals surface area (Å²) in [6.45, 7) is 3.71. The summed E-state index contributed by atoms with van der Waals surface area (Å²) < 4.78 is 5.31. The van der Waals surface area contributed by atoms with Crippen molar-refractivity contribution < 1.29 is 9.53 Å². The summed E-state index contributed by atoms with van der Waals surface area (Å²) in [6, 6.07) is 0.371. The van der Waals surface area contributed by atoms with Gasteiger partial charge in [0.2, 0.25) is 5.91 Å². The van der Waals surface area contributed by atoms with Crippen LogP contribution < -0.4 is 5.32 Å². The number of carbonyl (C=O) groups excluding carboxylic acids is 1. The molecule has 1 saturated heterocycles. The lowest BCUT2D eigenvalue weighted by atomic mass is 9.83. The van der Waals surface area contributed by atoms with E-state index in [1.54, 1.807) is 0 Å². The summed E-state index contributed by atoms with van der Waals surface area (Å²) in [5, 5.41) is 3.28. The Hall–Kier alpha value is -0.570. The number of nitrogens with one attached hydrogen (secondary N) is 1. The van der Waals surface area contributed by atoms with Gasteiger partial charge >= 0.3 is 0 Å². The SMILES string of the molecule is CC(NC(=O)C1CCOCC1)C1CC2CCC1C2. The van der Waals surface area contributed by atoms with E-state index in [9.17, 15) is 4.79 Å². The number of fused-ring (bicyclic) bond motifs is 2. The van der Waals surface area contributed by atoms with Crippen molar-refractivity contribution in [2.75, 3.05) is 13.2 Å². The first kappa shape index (κ1) is 12.5. The van der Waals surface area contributed by atoms with Crippen LogP contribution in [0.25, 0.3) is 0 Å². The van der Waals surface area contributed by atoms with Crippen molar-refractivity contribution in [3.63, 3.8) is 0 Å². The van der Waals surface area contributed by atoms with E-state index in [1.165, 1.54) is 25.7 Å². The van der Waals surface area contributed by atoms with E-state index >= 15 is 0 Å². The summed E-state index contributed by atoms with van der Waals surface area (Å²) in [5.41, 5.74) is 0. The number of ether oxygens (including phenoxy) is 1. The molecular formula is C15H25NO2. The van der Waals surface area contributed by atoms with E-state index in [0.29, 0.717) is 6.04 Å². The summed E-state index contributed by atoms with van der Waals surface area (Å²) in [5.74, 6) is 3.06. The van der Waals surface area contributed by atoms with Crippen LogP contribution in [0.4, 0.5) is 0 Å². The summed E-state index contributed by atoms with van der Waals surface area (Å²) in [6.07, 6.45) is 7.39. The van der Waals surface area contributed by atoms with Crippen LogP contribution in [-0.2, 0) is 9.53 Å². The predicted molar refractivity (Wildman–Crippen MR) is 70.1 cm³/mol. The minimum Gasteiger partial charge on any atom is -0.381 e. The lowest BCUT2D eigenvalue weighted by molar-refractivity contribution is -0.128. The predicted octanol–water partition coefficient (Wildman–Crippen LogP) is 2.35. The second-order valence-corrected chi connectivity index (χ2v) is 6.52. The van der Waals surface area contributed by atoms with Crippen LogP contribution in [0, 0.1) is 23.7 Å². The average Bonchev–Trinajstić information content (AvgIpc) is 3.02. The topological polar surface area (TPSA) is 38.3 Å². The molecule has 3 rings (SSSR count). The summed E-state index contributed by atoms with van der Waals surface area (Å²) >= 11 is 0. The van der Waals surface area contributed by atoms with Crippen molar-refractivity contribution in [2.24, 2.45) is 23.7 Å². The molecule has 2 saturated carbocycles. The molecule has 0 aromatic heterocycles. The zero-order valence-corrected chi connectivity index (χ0v) is 11.4. The van der Waals surface area contributed by atoms with Gasteiger partial charge in [-0.25, -0.2) is 0 Å². The molecule has 4 atom stereocenters. The summed E-state index contributed by atoms with van der Waals surface area (Å²) in [7, 11) is 0. The van der Waals surface area contributed by atoms with Crippen molar-refractivity contribution in [2.45, 2.75) is 51.5 Å². The van der Waals surface area contributed by atoms with Crippen LogP contribution in [-0.4, -0.2) is 25.2 Å². The molecule has 18 heavy (non-hydrogen) atoms. The molecule has 3 heteroatoms. The molecule has 4 unspecified atom stereocenters. The molecule has 0 aromatic carbocycles. The molecule has 0 aromatic rings. The highest BCUT2D eigenvalue weighted by Crippen LogP contribution is 2.49. The lowest BCUT2D eigenvalue weighted by Gasteiger charge is -2.30. The van der Waals surface area contributed by atoms with Crippen LogP contribution in [0.2, 0.25) is 0 Å². The number of amides is 1. The molecule has 102 valence electrons. The number of hydrogen-bond acceptors (Lipinski definition) is 2. The van der Waals surface area contributed by atoms with E-state index in [-0.39, 0.29) is 11.8 Å². The van der Waals surface area contributed by atoms with Gasteiger partial charge in [0.05, 0.1) is 0 Å². The molecule has 3 nitrogen and oxygen atoms in total. The maximum Gasteiger partial charge on any atom is 0.223 e. The van der Waals surface area contributed by atoms with E-state index in [2.05, 4.69) is 12.2 Å². The zero-order valence-electron chi connectivity index (χ0n) is 11.4. The Kier molecular flexibility index (Phi) is 3.60. The van der Waals surface area contributed by atoms with Crippen LogP contribution in [0.1, 0.15) is 45.4 Å². The fourth-order valence-corrected chi connectivity index (χ4v) is 4.32. The molecule has 0 radical (unpaired) electrons. The molecule has 1 heterocycles. The Labute approximate surface area is 110 Å². The van der Waals surface area contributed by atoms with E-state index in [4.69, 9.17) is 4.74 Å². The maximum atomic E-state index is 12.2. The highest BCUT2D eigenvalue weighted by molar-refractivity contribution is 5.79. The molecule has 1 N–H and O–H groups in total. The molecule has 3 fully saturated rings. The normalized spacial score (nSPS) is 37.7. The third kappa shape index (κ3) is 2.42. The van der Waals surface area contributed by atoms with E-state index in [0.717, 1.165) is 43.8 Å². The van der Waals surface area contributed by atoms with Crippen LogP contribution in [0.15, 0.2) is 0 Å². The zero-order chi connectivity index (χ0) is 12.5. The number of rotatable bonds is 3. The van der Waals surface area contributed by atoms with Crippen molar-refractivity contribution in [1.82, 2.24) is 5.32 Å². The van der Waals surface area contributed by atoms with Crippen LogP contribution in [0.5, 0.6) is 0 Å². The molecule has 2 bridgehead atoms. The van der Waals surface area contributed by atoms with Gasteiger partial charge in [-0.15, -0.1) is 0 Å². The van der Waals surface area contributed by atoms with E-state index < -0.39 is 0 Å². The lowest BCUT2D eigenvalue weighted by Crippen LogP contribution is -2.44. The monoisotopic (exact) mass is 251 g/mol. The highest BCUT2D eigenvalue weighted by atomic mass is 16.5. The third-order valence-corrected chi connectivity index (χ3v) is 5.40. The first-order valence-corrected chi connectivity index (χ1v) is 7.62. The molecule has 3 aliphatic rings. The van der Waals surface area contributed by atoms with Gasteiger partial charge in [-0.1, -0.05) is 6.42 Å². The molecular weight excluding hydrogens is 226 g/mol. The smallest absolute Gasteiger partial charge is 0.223 e. The molecule has 2 aliphatic carbocycles. The second-order valence-electron chi connectivity index (χ2n) is 6.52. The fourth-order valence-electron chi connectivity index (χ4n) is 4.32.